The van der Waals surface area contributed by atoms with Gasteiger partial charge in [-0.05, 0) is 29.2 Å². The lowest BCUT2D eigenvalue weighted by molar-refractivity contribution is 0.0987. The van der Waals surface area contributed by atoms with Crippen LogP contribution in [0.1, 0.15) is 59.9 Å². The van der Waals surface area contributed by atoms with Crippen LogP contribution in [0, 0.1) is 10.8 Å². The maximum absolute atomic E-state index is 3.21. The van der Waals surface area contributed by atoms with Crippen LogP contribution >= 0.6 is 9.24 Å². The average molecular weight is 264 g/mol. The topological polar surface area (TPSA) is 0 Å². The summed E-state index contributed by atoms with van der Waals surface area (Å²) in [6, 6.07) is 11.0. The summed E-state index contributed by atoms with van der Waals surface area (Å²) in [5.41, 5.74) is 1.94. The van der Waals surface area contributed by atoms with Crippen LogP contribution in [0.2, 0.25) is 0 Å². The van der Waals surface area contributed by atoms with E-state index >= 15 is 0 Å². The molecule has 0 aliphatic heterocycles. The second-order valence-electron chi connectivity index (χ2n) is 6.65. The largest absolute Gasteiger partial charge is 0.125 e. The molecule has 1 aromatic rings. The molecule has 0 aromatic heterocycles. The molecule has 102 valence electrons. The molecule has 0 aliphatic carbocycles. The molecule has 1 aromatic carbocycles. The number of hydrogen-bond donors (Lipinski definition) is 0. The van der Waals surface area contributed by atoms with E-state index in [-0.39, 0.29) is 16.0 Å². The van der Waals surface area contributed by atoms with Crippen LogP contribution in [0.3, 0.4) is 0 Å². The summed E-state index contributed by atoms with van der Waals surface area (Å²) in [4.78, 5) is 0. The maximum Gasteiger partial charge on any atom is 0.0199 e. The highest BCUT2D eigenvalue weighted by molar-refractivity contribution is 7.18. The predicted molar refractivity (Wildman–Crippen MR) is 86.0 cm³/mol. The lowest BCUT2D eigenvalue weighted by Crippen LogP contribution is -2.47. The van der Waals surface area contributed by atoms with Gasteiger partial charge in [0, 0.05) is 5.16 Å². The first-order valence-corrected chi connectivity index (χ1v) is 7.65. The molecule has 1 rings (SSSR count). The summed E-state index contributed by atoms with van der Waals surface area (Å²) in [5, 5.41) is 0.102. The summed E-state index contributed by atoms with van der Waals surface area (Å²) in [5.74, 6) is 0. The average Bonchev–Trinajstić information content (AvgIpc) is 2.38. The molecule has 1 heteroatoms. The van der Waals surface area contributed by atoms with E-state index in [1.807, 2.05) is 0 Å². The molecule has 0 bridgehead atoms. The van der Waals surface area contributed by atoms with E-state index in [2.05, 4.69) is 81.1 Å². The van der Waals surface area contributed by atoms with Gasteiger partial charge < -0.3 is 0 Å². The number of hydrogen-bond acceptors (Lipinski definition) is 0. The number of benzene rings is 1. The van der Waals surface area contributed by atoms with Gasteiger partial charge in [0.05, 0.1) is 0 Å². The third-order valence-electron chi connectivity index (χ3n) is 5.13. The van der Waals surface area contributed by atoms with Crippen molar-refractivity contribution in [3.63, 3.8) is 0 Å². The standard InChI is InChI=1S/C17H29P/c1-7-15(3,4)17(18,16(5,6)8-2)14-12-10-9-11-13-14/h9-13H,7-8,18H2,1-6H3. The monoisotopic (exact) mass is 264 g/mol. The molecule has 0 saturated heterocycles. The zero-order valence-electron chi connectivity index (χ0n) is 12.9. The first kappa shape index (κ1) is 15.7. The summed E-state index contributed by atoms with van der Waals surface area (Å²) in [6.07, 6.45) is 2.35. The Kier molecular flexibility index (Phi) is 4.65. The van der Waals surface area contributed by atoms with Gasteiger partial charge in [0.1, 0.15) is 0 Å². The Hall–Kier alpha value is -0.350. The molecule has 0 nitrogen and oxygen atoms in total. The van der Waals surface area contributed by atoms with Gasteiger partial charge in [0.25, 0.3) is 0 Å². The Morgan fingerprint density at radius 3 is 1.56 bits per heavy atom. The van der Waals surface area contributed by atoms with Crippen LogP contribution in [-0.2, 0) is 5.16 Å². The summed E-state index contributed by atoms with van der Waals surface area (Å²) >= 11 is 0. The van der Waals surface area contributed by atoms with E-state index < -0.39 is 0 Å². The minimum absolute atomic E-state index is 0.102. The van der Waals surface area contributed by atoms with Crippen molar-refractivity contribution in [1.29, 1.82) is 0 Å². The SMILES string of the molecule is CCC(C)(C)C(P)(c1ccccc1)C(C)(C)CC. The Morgan fingerprint density at radius 2 is 1.22 bits per heavy atom. The highest BCUT2D eigenvalue weighted by Gasteiger charge is 2.50. The Labute approximate surface area is 116 Å². The van der Waals surface area contributed by atoms with Gasteiger partial charge in [0.2, 0.25) is 0 Å². The predicted octanol–water partition coefficient (Wildman–Crippen LogP) is 5.63. The van der Waals surface area contributed by atoms with E-state index in [9.17, 15) is 0 Å². The fourth-order valence-corrected chi connectivity index (χ4v) is 3.56. The molecule has 0 fully saturated rings. The first-order chi connectivity index (χ1) is 8.23. The second kappa shape index (κ2) is 5.33. The van der Waals surface area contributed by atoms with Gasteiger partial charge in [-0.2, -0.15) is 0 Å². The van der Waals surface area contributed by atoms with Gasteiger partial charge in [-0.25, -0.2) is 0 Å². The van der Waals surface area contributed by atoms with Crippen molar-refractivity contribution in [2.75, 3.05) is 0 Å². The molecule has 1 atom stereocenters. The lowest BCUT2D eigenvalue weighted by Gasteiger charge is -2.54. The highest BCUT2D eigenvalue weighted by atomic mass is 31.0. The van der Waals surface area contributed by atoms with Crippen molar-refractivity contribution in [3.05, 3.63) is 35.9 Å². The van der Waals surface area contributed by atoms with Crippen LogP contribution in [-0.4, -0.2) is 0 Å². The first-order valence-electron chi connectivity index (χ1n) is 7.07. The molecule has 18 heavy (non-hydrogen) atoms. The Balaban J connectivity index is 3.46. The normalized spacial score (nSPS) is 13.7. The van der Waals surface area contributed by atoms with E-state index in [1.54, 1.807) is 0 Å². The zero-order chi connectivity index (χ0) is 14.0. The fraction of sp³-hybridized carbons (Fsp3) is 0.647. The molecule has 0 spiro atoms. The van der Waals surface area contributed by atoms with E-state index in [1.165, 1.54) is 18.4 Å². The van der Waals surface area contributed by atoms with Gasteiger partial charge in [0.15, 0.2) is 0 Å². The lowest BCUT2D eigenvalue weighted by atomic mass is 9.59. The van der Waals surface area contributed by atoms with E-state index in [4.69, 9.17) is 0 Å². The van der Waals surface area contributed by atoms with Crippen molar-refractivity contribution in [2.24, 2.45) is 10.8 Å². The van der Waals surface area contributed by atoms with Gasteiger partial charge in [-0.15, -0.1) is 9.24 Å². The van der Waals surface area contributed by atoms with Gasteiger partial charge >= 0.3 is 0 Å². The third kappa shape index (κ3) is 2.37. The summed E-state index contributed by atoms with van der Waals surface area (Å²) < 4.78 is 0. The Morgan fingerprint density at radius 1 is 0.833 bits per heavy atom. The van der Waals surface area contributed by atoms with Gasteiger partial charge in [-0.3, -0.25) is 0 Å². The van der Waals surface area contributed by atoms with Crippen LogP contribution in [0.4, 0.5) is 0 Å². The van der Waals surface area contributed by atoms with Gasteiger partial charge in [-0.1, -0.05) is 71.9 Å². The molecular formula is C17H29P. The highest BCUT2D eigenvalue weighted by Crippen LogP contribution is 2.60. The maximum atomic E-state index is 3.21. The van der Waals surface area contributed by atoms with Crippen molar-refractivity contribution in [3.8, 4) is 0 Å². The summed E-state index contributed by atoms with van der Waals surface area (Å²) in [6.45, 7) is 14.2. The third-order valence-corrected chi connectivity index (χ3v) is 7.03. The van der Waals surface area contributed by atoms with Crippen LogP contribution in [0.25, 0.3) is 0 Å². The minimum atomic E-state index is 0.102. The minimum Gasteiger partial charge on any atom is -0.125 e. The van der Waals surface area contributed by atoms with Crippen LogP contribution < -0.4 is 0 Å². The molecule has 0 heterocycles. The second-order valence-corrected chi connectivity index (χ2v) is 7.51. The van der Waals surface area contributed by atoms with Crippen molar-refractivity contribution >= 4 is 9.24 Å². The summed E-state index contributed by atoms with van der Waals surface area (Å²) in [7, 11) is 3.21. The molecule has 0 radical (unpaired) electrons. The molecule has 0 saturated carbocycles. The van der Waals surface area contributed by atoms with Crippen molar-refractivity contribution in [2.45, 2.75) is 59.5 Å². The molecule has 0 N–H and O–H groups in total. The van der Waals surface area contributed by atoms with Crippen molar-refractivity contribution in [1.82, 2.24) is 0 Å². The fourth-order valence-electron chi connectivity index (χ4n) is 2.96. The van der Waals surface area contributed by atoms with Crippen molar-refractivity contribution < 1.29 is 0 Å². The Bertz CT molecular complexity index is 360. The van der Waals surface area contributed by atoms with E-state index in [0.29, 0.717) is 0 Å². The quantitative estimate of drug-likeness (QED) is 0.605. The zero-order valence-corrected chi connectivity index (χ0v) is 14.0. The van der Waals surface area contributed by atoms with Crippen LogP contribution in [0.15, 0.2) is 30.3 Å². The van der Waals surface area contributed by atoms with E-state index in [0.717, 1.165) is 0 Å². The number of rotatable bonds is 5. The molecule has 0 aliphatic rings. The molecule has 0 amide bonds. The smallest absolute Gasteiger partial charge is 0.0199 e. The molecule has 1 unspecified atom stereocenters. The molecular weight excluding hydrogens is 235 g/mol. The van der Waals surface area contributed by atoms with Crippen LogP contribution in [0.5, 0.6) is 0 Å².